The van der Waals surface area contributed by atoms with Crippen LogP contribution in [0.2, 0.25) is 0 Å². The molecule has 13 aromatic carbocycles. The summed E-state index contributed by atoms with van der Waals surface area (Å²) in [5, 5.41) is 22.9. The Kier molecular flexibility index (Phi) is 7.11. The Balaban J connectivity index is 1.13. The van der Waals surface area contributed by atoms with Gasteiger partial charge in [-0.2, -0.15) is 0 Å². The van der Waals surface area contributed by atoms with Crippen LogP contribution in [0, 0.1) is 0 Å². The largest absolute Gasteiger partial charge is 0.0616 e. The molecule has 276 valence electrons. The molecule has 0 unspecified atom stereocenters. The van der Waals surface area contributed by atoms with E-state index in [4.69, 9.17) is 0 Å². The second-order valence-corrected chi connectivity index (χ2v) is 16.3. The van der Waals surface area contributed by atoms with Crippen molar-refractivity contribution < 1.29 is 0 Å². The predicted octanol–water partition coefficient (Wildman–Crippen LogP) is 17.1. The number of fused-ring (bicyclic) bond motifs is 12. The fourth-order valence-electron chi connectivity index (χ4n) is 10.6. The van der Waals surface area contributed by atoms with Gasteiger partial charge in [0.1, 0.15) is 0 Å². The lowest BCUT2D eigenvalue weighted by Crippen LogP contribution is -1.93. The number of hydrogen-bond acceptors (Lipinski definition) is 0. The van der Waals surface area contributed by atoms with Gasteiger partial charge in [-0.3, -0.25) is 0 Å². The molecule has 0 spiro atoms. The van der Waals surface area contributed by atoms with Crippen molar-refractivity contribution in [3.05, 3.63) is 218 Å². The molecule has 0 heteroatoms. The molecule has 0 aliphatic rings. The van der Waals surface area contributed by atoms with Crippen molar-refractivity contribution >= 4 is 97.0 Å². The maximum absolute atomic E-state index is 2.42. The van der Waals surface area contributed by atoms with Crippen LogP contribution in [0.4, 0.5) is 0 Å². The number of benzene rings is 13. The van der Waals surface area contributed by atoms with Crippen LogP contribution in [-0.2, 0) is 0 Å². The van der Waals surface area contributed by atoms with Crippen LogP contribution in [0.5, 0.6) is 0 Å². The van der Waals surface area contributed by atoms with E-state index in [0.717, 1.165) is 0 Å². The molecule has 0 saturated carbocycles. The third-order valence-corrected chi connectivity index (χ3v) is 13.2. The molecule has 0 radical (unpaired) electrons. The van der Waals surface area contributed by atoms with Gasteiger partial charge in [0.15, 0.2) is 0 Å². The normalized spacial score (nSPS) is 12.0. The molecule has 0 amide bonds. The van der Waals surface area contributed by atoms with Gasteiger partial charge in [0, 0.05) is 0 Å². The Labute approximate surface area is 347 Å². The highest BCUT2D eigenvalue weighted by Gasteiger charge is 2.22. The van der Waals surface area contributed by atoms with Crippen LogP contribution < -0.4 is 0 Å². The Morgan fingerprint density at radius 3 is 0.967 bits per heavy atom. The highest BCUT2D eigenvalue weighted by molar-refractivity contribution is 6.30. The first-order valence-electron chi connectivity index (χ1n) is 20.9. The summed E-state index contributed by atoms with van der Waals surface area (Å²) in [5.74, 6) is 0. The summed E-state index contributed by atoms with van der Waals surface area (Å²) in [6.45, 7) is 0. The molecule has 0 fully saturated rings. The van der Waals surface area contributed by atoms with E-state index in [2.05, 4.69) is 218 Å². The van der Waals surface area contributed by atoms with Gasteiger partial charge in [-0.25, -0.2) is 0 Å². The van der Waals surface area contributed by atoms with Gasteiger partial charge < -0.3 is 0 Å². The van der Waals surface area contributed by atoms with E-state index in [9.17, 15) is 0 Å². The summed E-state index contributed by atoms with van der Waals surface area (Å²) in [5.41, 5.74) is 7.66. The van der Waals surface area contributed by atoms with Gasteiger partial charge in [0.05, 0.1) is 0 Å². The molecule has 13 aromatic rings. The molecule has 0 aliphatic carbocycles. The highest BCUT2D eigenvalue weighted by Crippen LogP contribution is 2.49. The zero-order valence-electron chi connectivity index (χ0n) is 32.8. The minimum atomic E-state index is 1.25. The Morgan fingerprint density at radius 2 is 0.450 bits per heavy atom. The molecule has 13 rings (SSSR count). The predicted molar refractivity (Wildman–Crippen MR) is 260 cm³/mol. The quantitative estimate of drug-likeness (QED) is 0.124. The molecule has 0 bridgehead atoms. The van der Waals surface area contributed by atoms with E-state index in [1.807, 2.05) is 0 Å². The number of hydrogen-bond donors (Lipinski definition) is 0. The molecule has 0 aliphatic heterocycles. The molecular weight excluding hydrogens is 721 g/mol. The molecular formula is C60H36. The van der Waals surface area contributed by atoms with E-state index in [1.165, 1.54) is 130 Å². The average molecular weight is 757 g/mol. The maximum Gasteiger partial charge on any atom is -0.00199 e. The first-order chi connectivity index (χ1) is 29.8. The van der Waals surface area contributed by atoms with Crippen molar-refractivity contribution in [2.75, 3.05) is 0 Å². The maximum atomic E-state index is 2.42. The molecule has 0 saturated heterocycles. The van der Waals surface area contributed by atoms with Crippen molar-refractivity contribution in [2.24, 2.45) is 0 Å². The Morgan fingerprint density at radius 1 is 0.150 bits per heavy atom. The highest BCUT2D eigenvalue weighted by atomic mass is 14.2. The molecule has 60 heavy (non-hydrogen) atoms. The summed E-state index contributed by atoms with van der Waals surface area (Å²) >= 11 is 0. The van der Waals surface area contributed by atoms with Crippen molar-refractivity contribution in [3.63, 3.8) is 0 Å². The topological polar surface area (TPSA) is 0 Å². The third kappa shape index (κ3) is 4.73. The second kappa shape index (κ2) is 12.9. The lowest BCUT2D eigenvalue weighted by Gasteiger charge is -2.21. The smallest absolute Gasteiger partial charge is 0.00199 e. The number of rotatable bonds is 3. The van der Waals surface area contributed by atoms with Crippen molar-refractivity contribution in [3.8, 4) is 33.4 Å². The third-order valence-electron chi connectivity index (χ3n) is 13.2. The fourth-order valence-corrected chi connectivity index (χ4v) is 10.6. The first kappa shape index (κ1) is 33.2. The Hall–Kier alpha value is -7.80. The fraction of sp³-hybridized carbons (Fsp3) is 0. The van der Waals surface area contributed by atoms with Crippen LogP contribution in [0.25, 0.3) is 130 Å². The van der Waals surface area contributed by atoms with Crippen molar-refractivity contribution in [1.29, 1.82) is 0 Å². The molecule has 0 aromatic heterocycles. The molecule has 0 N–H and O–H groups in total. The van der Waals surface area contributed by atoms with Crippen LogP contribution in [-0.4, -0.2) is 0 Å². The minimum Gasteiger partial charge on any atom is -0.0616 e. The van der Waals surface area contributed by atoms with Gasteiger partial charge in [0.2, 0.25) is 0 Å². The van der Waals surface area contributed by atoms with E-state index in [0.29, 0.717) is 0 Å². The summed E-state index contributed by atoms with van der Waals surface area (Å²) in [6.07, 6.45) is 0. The summed E-state index contributed by atoms with van der Waals surface area (Å²) in [6, 6.07) is 81.5. The first-order valence-corrected chi connectivity index (χ1v) is 20.9. The van der Waals surface area contributed by atoms with Gasteiger partial charge in [-0.1, -0.05) is 200 Å². The lowest BCUT2D eigenvalue weighted by molar-refractivity contribution is 1.70. The van der Waals surface area contributed by atoms with Gasteiger partial charge in [-0.15, -0.1) is 0 Å². The van der Waals surface area contributed by atoms with Crippen LogP contribution in [0.1, 0.15) is 0 Å². The summed E-state index contributed by atoms with van der Waals surface area (Å²) < 4.78 is 0. The monoisotopic (exact) mass is 756 g/mol. The summed E-state index contributed by atoms with van der Waals surface area (Å²) in [7, 11) is 0. The van der Waals surface area contributed by atoms with Gasteiger partial charge in [-0.05, 0) is 149 Å². The Bertz CT molecular complexity index is 3890. The van der Waals surface area contributed by atoms with Crippen molar-refractivity contribution in [1.82, 2.24) is 0 Å². The van der Waals surface area contributed by atoms with E-state index in [1.54, 1.807) is 0 Å². The van der Waals surface area contributed by atoms with E-state index < -0.39 is 0 Å². The minimum absolute atomic E-state index is 1.25. The zero-order chi connectivity index (χ0) is 39.3. The summed E-state index contributed by atoms with van der Waals surface area (Å²) in [4.78, 5) is 0. The SMILES string of the molecule is c1ccc2c(-c3cc4ccccc4c4ccccc34)c3ccc4c(-c5c6ccccc6c(-c6cc7ccccc7c7ccccc67)c6ccccc56)cccc4c3cc2c1. The molecule has 0 heterocycles. The standard InChI is InChI=1S/C60H36/c1-4-19-40-37(16-1)35-56(46-24-9-7-22-43(40)46)58-42-21-6-3-18-39(42)34-55-45-30-15-31-49(48(45)32-33-54(55)58)59-50-26-11-13-28-52(50)60(53-29-14-12-27-51(53)59)57-36-38-17-2-5-20-41(38)44-23-8-10-25-47(44)57/h1-36H. The second-order valence-electron chi connectivity index (χ2n) is 16.3. The van der Waals surface area contributed by atoms with Gasteiger partial charge >= 0.3 is 0 Å². The molecule has 0 atom stereocenters. The zero-order valence-corrected chi connectivity index (χ0v) is 32.8. The van der Waals surface area contributed by atoms with Crippen LogP contribution >= 0.6 is 0 Å². The van der Waals surface area contributed by atoms with Crippen LogP contribution in [0.3, 0.4) is 0 Å². The van der Waals surface area contributed by atoms with Crippen LogP contribution in [0.15, 0.2) is 218 Å². The van der Waals surface area contributed by atoms with Gasteiger partial charge in [0.25, 0.3) is 0 Å². The average Bonchev–Trinajstić information content (AvgIpc) is 3.32. The van der Waals surface area contributed by atoms with E-state index in [-0.39, 0.29) is 0 Å². The van der Waals surface area contributed by atoms with E-state index >= 15 is 0 Å². The molecule has 0 nitrogen and oxygen atoms in total. The van der Waals surface area contributed by atoms with Crippen molar-refractivity contribution in [2.45, 2.75) is 0 Å². The lowest BCUT2D eigenvalue weighted by atomic mass is 9.82.